The van der Waals surface area contributed by atoms with Crippen molar-refractivity contribution in [3.8, 4) is 0 Å². The van der Waals surface area contributed by atoms with Crippen LogP contribution in [0.1, 0.15) is 84.9 Å². The Morgan fingerprint density at radius 1 is 1.08 bits per heavy atom. The van der Waals surface area contributed by atoms with Gasteiger partial charge in [-0.15, -0.1) is 0 Å². The van der Waals surface area contributed by atoms with E-state index in [1.807, 2.05) is 0 Å². The molecule has 2 aromatic carbocycles. The molecule has 0 radical (unpaired) electrons. The maximum Gasteiger partial charge on any atom is 0.249 e. The molecule has 2 aliphatic heterocycles. The third-order valence-electron chi connectivity index (χ3n) is 8.26. The lowest BCUT2D eigenvalue weighted by atomic mass is 9.95. The molecule has 0 saturated carbocycles. The third-order valence-corrected chi connectivity index (χ3v) is 8.26. The second-order valence-corrected chi connectivity index (χ2v) is 11.0. The quantitative estimate of drug-likeness (QED) is 0.215. The molecular formula is C32H43N3O4. The van der Waals surface area contributed by atoms with Gasteiger partial charge in [0.15, 0.2) is 0 Å². The second kappa shape index (κ2) is 13.9. The summed E-state index contributed by atoms with van der Waals surface area (Å²) < 4.78 is 6.08. The van der Waals surface area contributed by atoms with Gasteiger partial charge in [0.05, 0.1) is 12.7 Å². The van der Waals surface area contributed by atoms with Crippen LogP contribution in [0.2, 0.25) is 0 Å². The van der Waals surface area contributed by atoms with Crippen LogP contribution in [-0.4, -0.2) is 53.7 Å². The molecule has 2 heterocycles. The van der Waals surface area contributed by atoms with Crippen LogP contribution < -0.4 is 5.32 Å². The number of imide groups is 1. The molecule has 210 valence electrons. The minimum atomic E-state index is -0.597. The van der Waals surface area contributed by atoms with E-state index in [-0.39, 0.29) is 24.3 Å². The van der Waals surface area contributed by atoms with E-state index in [2.05, 4.69) is 67.4 Å². The first-order chi connectivity index (χ1) is 18.9. The molecular weight excluding hydrogens is 490 g/mol. The first-order valence-corrected chi connectivity index (χ1v) is 14.4. The van der Waals surface area contributed by atoms with Gasteiger partial charge in [-0.3, -0.25) is 19.7 Å². The molecule has 0 bridgehead atoms. The molecule has 2 unspecified atom stereocenters. The van der Waals surface area contributed by atoms with Crippen molar-refractivity contribution in [2.45, 2.75) is 91.0 Å². The van der Waals surface area contributed by atoms with Crippen LogP contribution in [0.25, 0.3) is 0 Å². The molecule has 39 heavy (non-hydrogen) atoms. The Bertz CT molecular complexity index is 1160. The zero-order valence-corrected chi connectivity index (χ0v) is 23.7. The minimum Gasteiger partial charge on any atom is -0.369 e. The number of carbonyl (C=O) groups excluding carboxylic acids is 3. The van der Waals surface area contributed by atoms with E-state index in [0.29, 0.717) is 13.0 Å². The van der Waals surface area contributed by atoms with Crippen molar-refractivity contribution in [1.29, 1.82) is 0 Å². The van der Waals surface area contributed by atoms with Crippen LogP contribution >= 0.6 is 0 Å². The molecule has 2 aliphatic rings. The summed E-state index contributed by atoms with van der Waals surface area (Å²) >= 11 is 0. The summed E-state index contributed by atoms with van der Waals surface area (Å²) in [5.41, 5.74) is 7.45. The lowest BCUT2D eigenvalue weighted by molar-refractivity contribution is -0.141. The molecule has 2 atom stereocenters. The van der Waals surface area contributed by atoms with Gasteiger partial charge in [-0.25, -0.2) is 0 Å². The van der Waals surface area contributed by atoms with Crippen LogP contribution in [-0.2, 0) is 38.7 Å². The van der Waals surface area contributed by atoms with Crippen molar-refractivity contribution in [2.75, 3.05) is 19.6 Å². The van der Waals surface area contributed by atoms with Crippen molar-refractivity contribution in [2.24, 2.45) is 0 Å². The van der Waals surface area contributed by atoms with Crippen LogP contribution in [0.3, 0.4) is 0 Å². The molecule has 0 aromatic heterocycles. The maximum absolute atomic E-state index is 12.3. The van der Waals surface area contributed by atoms with E-state index >= 15 is 0 Å². The first-order valence-electron chi connectivity index (χ1n) is 14.4. The smallest absolute Gasteiger partial charge is 0.249 e. The number of nitrogens with zero attached hydrogens (tertiary/aromatic N) is 2. The number of ether oxygens (including phenoxy) is 1. The highest BCUT2D eigenvalue weighted by atomic mass is 16.5. The number of carbonyl (C=O) groups is 3. The second-order valence-electron chi connectivity index (χ2n) is 11.0. The SMILES string of the molecule is CCN(CCCCCc1cccc(C)c1CN(C=O)C1CCC(=O)NC1=O)CCC1OCc2ccc(C)cc21. The fourth-order valence-corrected chi connectivity index (χ4v) is 5.85. The predicted molar refractivity (Wildman–Crippen MR) is 152 cm³/mol. The Morgan fingerprint density at radius 2 is 1.92 bits per heavy atom. The summed E-state index contributed by atoms with van der Waals surface area (Å²) in [7, 11) is 0. The molecule has 3 amide bonds. The van der Waals surface area contributed by atoms with Crippen LogP contribution in [0.4, 0.5) is 0 Å². The summed E-state index contributed by atoms with van der Waals surface area (Å²) in [6, 6.07) is 12.3. The lowest BCUT2D eigenvalue weighted by Crippen LogP contribution is -2.51. The van der Waals surface area contributed by atoms with Gasteiger partial charge in [-0.1, -0.05) is 55.3 Å². The van der Waals surface area contributed by atoms with Gasteiger partial charge in [-0.2, -0.15) is 0 Å². The number of rotatable bonds is 14. The van der Waals surface area contributed by atoms with E-state index < -0.39 is 6.04 Å². The molecule has 1 saturated heterocycles. The lowest BCUT2D eigenvalue weighted by Gasteiger charge is -2.31. The van der Waals surface area contributed by atoms with Gasteiger partial charge >= 0.3 is 0 Å². The number of hydrogen-bond donors (Lipinski definition) is 1. The van der Waals surface area contributed by atoms with Gasteiger partial charge in [0.25, 0.3) is 0 Å². The Hall–Kier alpha value is -3.03. The average molecular weight is 534 g/mol. The highest BCUT2D eigenvalue weighted by Crippen LogP contribution is 2.33. The summed E-state index contributed by atoms with van der Waals surface area (Å²) in [6.45, 7) is 10.7. The molecule has 7 heteroatoms. The van der Waals surface area contributed by atoms with Gasteiger partial charge in [0.1, 0.15) is 6.04 Å². The van der Waals surface area contributed by atoms with Gasteiger partial charge in [0.2, 0.25) is 18.2 Å². The molecule has 7 nitrogen and oxygen atoms in total. The Kier molecular flexibility index (Phi) is 10.3. The predicted octanol–water partition coefficient (Wildman–Crippen LogP) is 4.76. The number of nitrogens with one attached hydrogen (secondary N) is 1. The topological polar surface area (TPSA) is 79.0 Å². The van der Waals surface area contributed by atoms with Gasteiger partial charge < -0.3 is 14.5 Å². The zero-order valence-electron chi connectivity index (χ0n) is 23.7. The van der Waals surface area contributed by atoms with Gasteiger partial charge in [0, 0.05) is 19.5 Å². The number of hydrogen-bond acceptors (Lipinski definition) is 5. The van der Waals surface area contributed by atoms with E-state index in [1.165, 1.54) is 22.3 Å². The molecule has 1 N–H and O–H groups in total. The number of piperidine rings is 1. The Morgan fingerprint density at radius 3 is 2.69 bits per heavy atom. The monoisotopic (exact) mass is 533 g/mol. The molecule has 2 aromatic rings. The number of benzene rings is 2. The van der Waals surface area contributed by atoms with E-state index in [9.17, 15) is 14.4 Å². The Balaban J connectivity index is 1.24. The largest absolute Gasteiger partial charge is 0.369 e. The number of aryl methyl sites for hydroxylation is 3. The van der Waals surface area contributed by atoms with Crippen molar-refractivity contribution in [1.82, 2.24) is 15.1 Å². The minimum absolute atomic E-state index is 0.208. The summed E-state index contributed by atoms with van der Waals surface area (Å²) in [6.07, 6.45) is 6.91. The molecule has 1 fully saturated rings. The van der Waals surface area contributed by atoms with E-state index in [4.69, 9.17) is 4.74 Å². The summed E-state index contributed by atoms with van der Waals surface area (Å²) in [4.78, 5) is 39.8. The number of unbranched alkanes of at least 4 members (excludes halogenated alkanes) is 2. The summed E-state index contributed by atoms with van der Waals surface area (Å²) in [5, 5.41) is 2.36. The Labute approximate surface area is 232 Å². The van der Waals surface area contributed by atoms with Crippen molar-refractivity contribution >= 4 is 18.2 Å². The highest BCUT2D eigenvalue weighted by Gasteiger charge is 2.31. The maximum atomic E-state index is 12.3. The van der Waals surface area contributed by atoms with Gasteiger partial charge in [-0.05, 0) is 86.9 Å². The van der Waals surface area contributed by atoms with Crippen LogP contribution in [0.5, 0.6) is 0 Å². The highest BCUT2D eigenvalue weighted by molar-refractivity contribution is 6.00. The fraction of sp³-hybridized carbons (Fsp3) is 0.531. The standard InChI is InChI=1S/C32H43N3O4/c1-4-34(18-16-30-27-19-23(2)12-13-26(27)21-39-30)17-7-5-6-10-25-11-8-9-24(3)28(25)20-35(22-36)29-14-15-31(37)33-32(29)38/h8-9,11-13,19,22,29-30H,4-7,10,14-18,20-21H2,1-3H3,(H,33,37,38). The fourth-order valence-electron chi connectivity index (χ4n) is 5.85. The van der Waals surface area contributed by atoms with Crippen LogP contribution in [0.15, 0.2) is 36.4 Å². The normalized spacial score (nSPS) is 18.8. The first kappa shape index (κ1) is 29.0. The van der Waals surface area contributed by atoms with Crippen molar-refractivity contribution in [3.05, 3.63) is 69.8 Å². The van der Waals surface area contributed by atoms with Crippen molar-refractivity contribution < 1.29 is 19.1 Å². The molecule has 0 aliphatic carbocycles. The van der Waals surface area contributed by atoms with E-state index in [0.717, 1.165) is 75.9 Å². The molecule has 0 spiro atoms. The zero-order chi connectivity index (χ0) is 27.8. The molecule has 4 rings (SSSR count). The van der Waals surface area contributed by atoms with E-state index in [1.54, 1.807) is 4.90 Å². The van der Waals surface area contributed by atoms with Crippen molar-refractivity contribution in [3.63, 3.8) is 0 Å². The average Bonchev–Trinajstić information content (AvgIpc) is 3.32. The summed E-state index contributed by atoms with van der Waals surface area (Å²) in [5.74, 6) is -0.652. The number of fused-ring (bicyclic) bond motifs is 1. The van der Waals surface area contributed by atoms with Crippen LogP contribution in [0, 0.1) is 13.8 Å². The number of amides is 3. The third kappa shape index (κ3) is 7.55.